The van der Waals surface area contributed by atoms with Crippen LogP contribution in [0.4, 0.5) is 0 Å². The molecule has 2 rings (SSSR count). The van der Waals surface area contributed by atoms with Gasteiger partial charge in [-0.15, -0.1) is 0 Å². The highest BCUT2D eigenvalue weighted by Crippen LogP contribution is 2.65. The molecule has 1 heteroatoms. The van der Waals surface area contributed by atoms with Crippen molar-refractivity contribution >= 4 is 0 Å². The molecule has 0 aromatic heterocycles. The molecule has 2 bridgehead atoms. The predicted molar refractivity (Wildman–Crippen MR) is 65.5 cm³/mol. The molecule has 15 heavy (non-hydrogen) atoms. The van der Waals surface area contributed by atoms with Gasteiger partial charge in [-0.05, 0) is 47.8 Å². The van der Waals surface area contributed by atoms with Crippen LogP contribution in [0.2, 0.25) is 0 Å². The summed E-state index contributed by atoms with van der Waals surface area (Å²) in [6.07, 6.45) is 4.21. The summed E-state index contributed by atoms with van der Waals surface area (Å²) in [5.74, 6) is 2.41. The van der Waals surface area contributed by atoms with Gasteiger partial charge < -0.3 is 5.73 Å². The van der Waals surface area contributed by atoms with Crippen molar-refractivity contribution in [1.82, 2.24) is 0 Å². The minimum Gasteiger partial charge on any atom is -0.327 e. The molecule has 2 fully saturated rings. The van der Waals surface area contributed by atoms with Crippen molar-refractivity contribution in [1.29, 1.82) is 0 Å². The average molecular weight is 209 g/mol. The highest BCUT2D eigenvalue weighted by Gasteiger charge is 2.62. The summed E-state index contributed by atoms with van der Waals surface area (Å²) >= 11 is 0. The molecule has 0 aliphatic heterocycles. The van der Waals surface area contributed by atoms with Crippen molar-refractivity contribution < 1.29 is 0 Å². The molecule has 0 aromatic carbocycles. The highest BCUT2D eigenvalue weighted by molar-refractivity contribution is 5.13. The van der Waals surface area contributed by atoms with Gasteiger partial charge in [0.05, 0.1) is 0 Å². The van der Waals surface area contributed by atoms with Gasteiger partial charge in [-0.3, -0.25) is 0 Å². The van der Waals surface area contributed by atoms with Crippen LogP contribution in [0, 0.1) is 28.6 Å². The normalized spacial score (nSPS) is 45.4. The third-order valence-electron chi connectivity index (χ3n) is 5.46. The standard InChI is InChI=1S/C14H27N/c1-9(2)14(13(3,4)5)11-7-6-10(8-11)12(14)15/h9-12H,6-8,15H2,1-5H3/t10-,11+,12-,14?/m1/s1. The van der Waals surface area contributed by atoms with Crippen molar-refractivity contribution in [3.8, 4) is 0 Å². The Hall–Kier alpha value is -0.0400. The lowest BCUT2D eigenvalue weighted by Crippen LogP contribution is -2.56. The Kier molecular flexibility index (Phi) is 2.46. The van der Waals surface area contributed by atoms with E-state index in [1.165, 1.54) is 19.3 Å². The van der Waals surface area contributed by atoms with E-state index in [0.29, 0.717) is 22.8 Å². The van der Waals surface area contributed by atoms with Crippen LogP contribution in [0.25, 0.3) is 0 Å². The number of hydrogen-bond donors (Lipinski definition) is 1. The molecule has 2 N–H and O–H groups in total. The molecule has 0 spiro atoms. The van der Waals surface area contributed by atoms with Crippen LogP contribution in [0.3, 0.4) is 0 Å². The summed E-state index contributed by atoms with van der Waals surface area (Å²) < 4.78 is 0. The summed E-state index contributed by atoms with van der Waals surface area (Å²) in [6.45, 7) is 12.0. The Morgan fingerprint density at radius 2 is 1.80 bits per heavy atom. The van der Waals surface area contributed by atoms with Crippen molar-refractivity contribution in [2.24, 2.45) is 34.3 Å². The van der Waals surface area contributed by atoms with Crippen molar-refractivity contribution in [2.75, 3.05) is 0 Å². The number of hydrogen-bond acceptors (Lipinski definition) is 1. The summed E-state index contributed by atoms with van der Waals surface area (Å²) in [5, 5.41) is 0. The third kappa shape index (κ3) is 1.25. The predicted octanol–water partition coefficient (Wildman–Crippen LogP) is 3.43. The second kappa shape index (κ2) is 3.23. The Labute approximate surface area is 94.8 Å². The smallest absolute Gasteiger partial charge is 0.0134 e. The number of nitrogens with two attached hydrogens (primary N) is 1. The van der Waals surface area contributed by atoms with Crippen LogP contribution in [0.15, 0.2) is 0 Å². The van der Waals surface area contributed by atoms with E-state index in [9.17, 15) is 0 Å². The van der Waals surface area contributed by atoms with Crippen molar-refractivity contribution in [3.63, 3.8) is 0 Å². The highest BCUT2D eigenvalue weighted by atomic mass is 14.8. The van der Waals surface area contributed by atoms with Crippen LogP contribution in [-0.2, 0) is 0 Å². The lowest BCUT2D eigenvalue weighted by Gasteiger charge is -2.54. The van der Waals surface area contributed by atoms with Gasteiger partial charge in [0.25, 0.3) is 0 Å². The van der Waals surface area contributed by atoms with E-state index in [2.05, 4.69) is 34.6 Å². The van der Waals surface area contributed by atoms with Crippen LogP contribution >= 0.6 is 0 Å². The first-order valence-corrected chi connectivity index (χ1v) is 6.57. The molecular formula is C14H27N. The lowest BCUT2D eigenvalue weighted by molar-refractivity contribution is -0.0436. The van der Waals surface area contributed by atoms with E-state index in [4.69, 9.17) is 5.73 Å². The minimum atomic E-state index is 0.348. The molecule has 88 valence electrons. The van der Waals surface area contributed by atoms with Gasteiger partial charge in [0, 0.05) is 6.04 Å². The maximum absolute atomic E-state index is 6.59. The fraction of sp³-hybridized carbons (Fsp3) is 1.00. The fourth-order valence-electron chi connectivity index (χ4n) is 5.27. The number of rotatable bonds is 1. The summed E-state index contributed by atoms with van der Waals surface area (Å²) in [7, 11) is 0. The van der Waals surface area contributed by atoms with E-state index >= 15 is 0 Å². The molecule has 2 saturated carbocycles. The Balaban J connectivity index is 2.44. The van der Waals surface area contributed by atoms with E-state index in [0.717, 1.165) is 11.8 Å². The summed E-state index contributed by atoms with van der Waals surface area (Å²) in [5.41, 5.74) is 7.32. The average Bonchev–Trinajstić information content (AvgIpc) is 2.59. The molecule has 4 atom stereocenters. The first kappa shape index (κ1) is 11.4. The molecular weight excluding hydrogens is 182 g/mol. The Morgan fingerprint density at radius 3 is 2.07 bits per heavy atom. The van der Waals surface area contributed by atoms with Gasteiger partial charge in [0.15, 0.2) is 0 Å². The minimum absolute atomic E-state index is 0.348. The van der Waals surface area contributed by atoms with Gasteiger partial charge >= 0.3 is 0 Å². The molecule has 1 nitrogen and oxygen atoms in total. The Morgan fingerprint density at radius 1 is 1.20 bits per heavy atom. The van der Waals surface area contributed by atoms with Gasteiger partial charge in [-0.1, -0.05) is 34.6 Å². The lowest BCUT2D eigenvalue weighted by atomic mass is 9.51. The van der Waals surface area contributed by atoms with E-state index in [1.807, 2.05) is 0 Å². The largest absolute Gasteiger partial charge is 0.327 e. The van der Waals surface area contributed by atoms with E-state index < -0.39 is 0 Å². The molecule has 1 unspecified atom stereocenters. The maximum atomic E-state index is 6.59. The molecule has 2 aliphatic carbocycles. The molecule has 2 aliphatic rings. The molecule has 0 aromatic rings. The molecule has 0 radical (unpaired) electrons. The fourth-order valence-corrected chi connectivity index (χ4v) is 5.27. The Bertz CT molecular complexity index is 247. The SMILES string of the molecule is CC(C)C1(C(C)(C)C)[C@H]2CC[C@H](C2)[C@H]1N. The molecule has 0 amide bonds. The third-order valence-corrected chi connectivity index (χ3v) is 5.46. The zero-order valence-corrected chi connectivity index (χ0v) is 11.0. The zero-order chi connectivity index (χ0) is 11.4. The molecule has 0 heterocycles. The maximum Gasteiger partial charge on any atom is 0.0134 e. The van der Waals surface area contributed by atoms with E-state index in [1.54, 1.807) is 0 Å². The summed E-state index contributed by atoms with van der Waals surface area (Å²) in [4.78, 5) is 0. The van der Waals surface area contributed by atoms with Crippen molar-refractivity contribution in [3.05, 3.63) is 0 Å². The second-order valence-corrected chi connectivity index (χ2v) is 7.13. The van der Waals surface area contributed by atoms with Crippen LogP contribution in [-0.4, -0.2) is 6.04 Å². The second-order valence-electron chi connectivity index (χ2n) is 7.13. The van der Waals surface area contributed by atoms with Gasteiger partial charge in [-0.25, -0.2) is 0 Å². The van der Waals surface area contributed by atoms with Crippen LogP contribution in [0.1, 0.15) is 53.9 Å². The first-order chi connectivity index (χ1) is 6.81. The van der Waals surface area contributed by atoms with Gasteiger partial charge in [0.1, 0.15) is 0 Å². The van der Waals surface area contributed by atoms with Gasteiger partial charge in [0.2, 0.25) is 0 Å². The monoisotopic (exact) mass is 209 g/mol. The zero-order valence-electron chi connectivity index (χ0n) is 11.0. The summed E-state index contributed by atoms with van der Waals surface area (Å²) in [6, 6.07) is 0.441. The number of fused-ring (bicyclic) bond motifs is 2. The molecule has 0 saturated heterocycles. The van der Waals surface area contributed by atoms with Crippen molar-refractivity contribution in [2.45, 2.75) is 59.9 Å². The van der Waals surface area contributed by atoms with Crippen LogP contribution < -0.4 is 5.73 Å². The van der Waals surface area contributed by atoms with E-state index in [-0.39, 0.29) is 0 Å². The van der Waals surface area contributed by atoms with Gasteiger partial charge in [-0.2, -0.15) is 0 Å². The topological polar surface area (TPSA) is 26.0 Å². The first-order valence-electron chi connectivity index (χ1n) is 6.57. The quantitative estimate of drug-likeness (QED) is 0.703. The van der Waals surface area contributed by atoms with Crippen LogP contribution in [0.5, 0.6) is 0 Å².